The second-order valence-corrected chi connectivity index (χ2v) is 3.28. The van der Waals surface area contributed by atoms with Crippen molar-refractivity contribution in [2.24, 2.45) is 11.7 Å². The Morgan fingerprint density at radius 2 is 2.00 bits per heavy atom. The molecule has 0 aromatic heterocycles. The van der Waals surface area contributed by atoms with Crippen LogP contribution in [0.5, 0.6) is 0 Å². The maximum atomic E-state index is 11.5. The van der Waals surface area contributed by atoms with Crippen molar-refractivity contribution >= 4 is 5.71 Å². The first kappa shape index (κ1) is 8.33. The highest BCUT2D eigenvalue weighted by Gasteiger charge is 2.29. The van der Waals surface area contributed by atoms with Crippen molar-refractivity contribution in [3.8, 4) is 0 Å². The van der Waals surface area contributed by atoms with E-state index in [2.05, 4.69) is 0 Å². The lowest BCUT2D eigenvalue weighted by atomic mass is 9.93. The first-order valence-corrected chi connectivity index (χ1v) is 4.33. The van der Waals surface area contributed by atoms with Crippen molar-refractivity contribution in [2.45, 2.75) is 25.7 Å². The molecule has 6 heteroatoms. The van der Waals surface area contributed by atoms with Gasteiger partial charge in [-0.05, 0) is 24.1 Å². The highest BCUT2D eigenvalue weighted by Crippen LogP contribution is 2.23. The Bertz CT molecular complexity index is 285. The van der Waals surface area contributed by atoms with E-state index in [4.69, 9.17) is 11.7 Å². The molecule has 0 aromatic carbocycles. The molecule has 0 amide bonds. The zero-order valence-electron chi connectivity index (χ0n) is 7.31. The van der Waals surface area contributed by atoms with Crippen LogP contribution in [-0.2, 0) is 0 Å². The molecule has 13 heavy (non-hydrogen) atoms. The van der Waals surface area contributed by atoms with Crippen LogP contribution in [0.1, 0.15) is 25.7 Å². The third-order valence-corrected chi connectivity index (χ3v) is 2.42. The summed E-state index contributed by atoms with van der Waals surface area (Å²) in [5.74, 6) is 10.9. The van der Waals surface area contributed by atoms with E-state index >= 15 is 0 Å². The standard InChI is InChI=1S/C7H13N5O/c8-10-5-6-3-1-2-4-7(6)11(13)12(10)9/h5H,1-4,8-9H2. The van der Waals surface area contributed by atoms with Crippen LogP contribution in [0.3, 0.4) is 0 Å². The minimum Gasteiger partial charge on any atom is -0.593 e. The first-order valence-electron chi connectivity index (χ1n) is 4.33. The largest absolute Gasteiger partial charge is 0.593 e. The molecule has 1 aliphatic carbocycles. The van der Waals surface area contributed by atoms with Gasteiger partial charge in [-0.3, -0.25) is 0 Å². The predicted octanol–water partition coefficient (Wildman–Crippen LogP) is -0.409. The molecule has 0 bridgehead atoms. The van der Waals surface area contributed by atoms with Crippen molar-refractivity contribution in [2.75, 3.05) is 0 Å². The van der Waals surface area contributed by atoms with E-state index in [1.54, 1.807) is 6.20 Å². The number of allylic oxidation sites excluding steroid dienone is 1. The normalized spacial score (nSPS) is 23.1. The topological polar surface area (TPSA) is 84.6 Å². The van der Waals surface area contributed by atoms with Gasteiger partial charge in [-0.25, -0.2) is 5.84 Å². The number of hydrogen-bond donors (Lipinski definition) is 2. The molecule has 72 valence electrons. The van der Waals surface area contributed by atoms with E-state index in [0.29, 0.717) is 4.85 Å². The van der Waals surface area contributed by atoms with Crippen LogP contribution in [0.25, 0.3) is 0 Å². The minimum absolute atomic E-state index is 0.661. The molecule has 0 atom stereocenters. The lowest BCUT2D eigenvalue weighted by Gasteiger charge is -2.30. The summed E-state index contributed by atoms with van der Waals surface area (Å²) >= 11 is 0. The fourth-order valence-electron chi connectivity index (χ4n) is 1.71. The van der Waals surface area contributed by atoms with E-state index in [-0.39, 0.29) is 0 Å². The molecule has 0 saturated heterocycles. The molecular formula is C7H13N5O. The van der Waals surface area contributed by atoms with Crippen LogP contribution in [-0.4, -0.2) is 20.9 Å². The van der Waals surface area contributed by atoms with Crippen LogP contribution >= 0.6 is 0 Å². The van der Waals surface area contributed by atoms with Gasteiger partial charge in [0.15, 0.2) is 0 Å². The molecule has 0 aromatic rings. The lowest BCUT2D eigenvalue weighted by Crippen LogP contribution is -2.57. The summed E-state index contributed by atoms with van der Waals surface area (Å²) in [4.78, 5) is 0.661. The second-order valence-electron chi connectivity index (χ2n) is 3.28. The quantitative estimate of drug-likeness (QED) is 0.303. The molecule has 4 N–H and O–H groups in total. The summed E-state index contributed by atoms with van der Waals surface area (Å²) in [5, 5.41) is 13.5. The second kappa shape index (κ2) is 2.90. The molecule has 6 nitrogen and oxygen atoms in total. The number of hydrazone groups is 1. The Hall–Kier alpha value is -1.27. The summed E-state index contributed by atoms with van der Waals surface area (Å²) in [6.07, 6.45) is 5.57. The molecule has 0 radical (unpaired) electrons. The maximum absolute atomic E-state index is 11.5. The van der Waals surface area contributed by atoms with Crippen LogP contribution in [0, 0.1) is 5.21 Å². The molecule has 1 fully saturated rings. The SMILES string of the molecule is NN1C=C2CCCCC2=[N+]([O-])N1N. The van der Waals surface area contributed by atoms with Gasteiger partial charge in [0, 0.05) is 17.2 Å². The van der Waals surface area contributed by atoms with Gasteiger partial charge >= 0.3 is 0 Å². The van der Waals surface area contributed by atoms with E-state index in [1.807, 2.05) is 0 Å². The Labute approximate surface area is 76.2 Å². The number of fused-ring (bicyclic) bond motifs is 1. The van der Waals surface area contributed by atoms with Crippen molar-refractivity contribution < 1.29 is 4.85 Å². The summed E-state index contributed by atoms with van der Waals surface area (Å²) < 4.78 is 0. The maximum Gasteiger partial charge on any atom is 0.227 e. The van der Waals surface area contributed by atoms with Crippen LogP contribution in [0.2, 0.25) is 0 Å². The number of hydrogen-bond acceptors (Lipinski definition) is 5. The van der Waals surface area contributed by atoms with Gasteiger partial charge in [0.25, 0.3) is 0 Å². The average Bonchev–Trinajstić information content (AvgIpc) is 2.15. The molecule has 1 aliphatic heterocycles. The smallest absolute Gasteiger partial charge is 0.227 e. The Kier molecular flexibility index (Phi) is 1.86. The van der Waals surface area contributed by atoms with Crippen molar-refractivity contribution in [3.63, 3.8) is 0 Å². The average molecular weight is 183 g/mol. The van der Waals surface area contributed by atoms with Crippen LogP contribution in [0.15, 0.2) is 11.8 Å². The molecular weight excluding hydrogens is 170 g/mol. The fraction of sp³-hybridized carbons (Fsp3) is 0.571. The van der Waals surface area contributed by atoms with E-state index < -0.39 is 0 Å². The van der Waals surface area contributed by atoms with Gasteiger partial charge in [-0.15, -0.1) is 0 Å². The molecule has 1 heterocycles. The molecule has 0 spiro atoms. The Morgan fingerprint density at radius 3 is 2.77 bits per heavy atom. The molecule has 2 aliphatic rings. The van der Waals surface area contributed by atoms with Gasteiger partial charge in [0.1, 0.15) is 0 Å². The van der Waals surface area contributed by atoms with E-state index in [1.165, 1.54) is 0 Å². The Morgan fingerprint density at radius 1 is 1.31 bits per heavy atom. The van der Waals surface area contributed by atoms with Gasteiger partial charge in [0.05, 0.1) is 6.20 Å². The third-order valence-electron chi connectivity index (χ3n) is 2.42. The van der Waals surface area contributed by atoms with Gasteiger partial charge in [-0.2, -0.15) is 11.0 Å². The lowest BCUT2D eigenvalue weighted by molar-refractivity contribution is -0.686. The molecule has 0 unspecified atom stereocenters. The van der Waals surface area contributed by atoms with Crippen molar-refractivity contribution in [1.29, 1.82) is 0 Å². The van der Waals surface area contributed by atoms with E-state index in [0.717, 1.165) is 47.3 Å². The molecule has 2 rings (SSSR count). The van der Waals surface area contributed by atoms with Crippen molar-refractivity contribution in [1.82, 2.24) is 10.3 Å². The monoisotopic (exact) mass is 183 g/mol. The summed E-state index contributed by atoms with van der Waals surface area (Å²) in [6.45, 7) is 0. The van der Waals surface area contributed by atoms with E-state index in [9.17, 15) is 5.21 Å². The van der Waals surface area contributed by atoms with Gasteiger partial charge in [0.2, 0.25) is 5.71 Å². The van der Waals surface area contributed by atoms with Crippen LogP contribution < -0.4 is 11.7 Å². The van der Waals surface area contributed by atoms with Crippen molar-refractivity contribution in [3.05, 3.63) is 17.0 Å². The zero-order chi connectivity index (χ0) is 9.42. The number of hydrazine groups is 4. The molecule has 1 saturated carbocycles. The summed E-state index contributed by atoms with van der Waals surface area (Å²) in [5.41, 5.74) is 1.75. The zero-order valence-corrected chi connectivity index (χ0v) is 7.31. The minimum atomic E-state index is 0.661. The van der Waals surface area contributed by atoms with Crippen LogP contribution in [0.4, 0.5) is 0 Å². The number of nitrogens with zero attached hydrogens (tertiary/aromatic N) is 3. The first-order chi connectivity index (χ1) is 6.20. The fourth-order valence-corrected chi connectivity index (χ4v) is 1.71. The number of nitrogens with two attached hydrogens (primary N) is 2. The summed E-state index contributed by atoms with van der Waals surface area (Å²) in [6, 6.07) is 0. The summed E-state index contributed by atoms with van der Waals surface area (Å²) in [7, 11) is 0. The Balaban J connectivity index is 2.35. The van der Waals surface area contributed by atoms with Gasteiger partial charge < -0.3 is 5.21 Å². The predicted molar refractivity (Wildman–Crippen MR) is 47.2 cm³/mol. The highest BCUT2D eigenvalue weighted by atomic mass is 16.6. The van der Waals surface area contributed by atoms with Gasteiger partial charge in [-0.1, -0.05) is 0 Å². The highest BCUT2D eigenvalue weighted by molar-refractivity contribution is 5.97. The number of rotatable bonds is 0. The third kappa shape index (κ3) is 1.24.